The third-order valence-corrected chi connectivity index (χ3v) is 12.2. The highest BCUT2D eigenvalue weighted by Crippen LogP contribution is 2.49. The summed E-state index contributed by atoms with van der Waals surface area (Å²) in [5.41, 5.74) is 12.4. The third-order valence-electron chi connectivity index (χ3n) is 9.88. The Labute approximate surface area is 299 Å². The van der Waals surface area contributed by atoms with Gasteiger partial charge < -0.3 is 0 Å². The van der Waals surface area contributed by atoms with Crippen molar-refractivity contribution in [2.45, 2.75) is 0 Å². The minimum absolute atomic E-state index is 1.21. The highest BCUT2D eigenvalue weighted by atomic mass is 32.1. The predicted octanol–water partition coefficient (Wildman–Crippen LogP) is 14.8. The zero-order chi connectivity index (χ0) is 33.0. The van der Waals surface area contributed by atoms with Gasteiger partial charge in [-0.05, 0) is 92.0 Å². The van der Waals surface area contributed by atoms with Gasteiger partial charge in [0, 0.05) is 40.3 Å². The van der Waals surface area contributed by atoms with E-state index >= 15 is 0 Å². The van der Waals surface area contributed by atoms with Gasteiger partial charge in [0.1, 0.15) is 0 Å². The first-order chi connectivity index (χ1) is 24.8. The summed E-state index contributed by atoms with van der Waals surface area (Å²) in [6.07, 6.45) is 0. The molecule has 0 nitrogen and oxygen atoms in total. The number of rotatable bonds is 5. The number of fused-ring (bicyclic) bond motifs is 6. The van der Waals surface area contributed by atoms with Crippen LogP contribution in [0.1, 0.15) is 0 Å². The number of thiophene rings is 2. The van der Waals surface area contributed by atoms with Crippen molar-refractivity contribution in [1.82, 2.24) is 0 Å². The van der Waals surface area contributed by atoms with Crippen LogP contribution in [0.5, 0.6) is 0 Å². The van der Waals surface area contributed by atoms with Gasteiger partial charge in [0.25, 0.3) is 0 Å². The van der Waals surface area contributed by atoms with Gasteiger partial charge >= 0.3 is 0 Å². The molecule has 0 aliphatic rings. The van der Waals surface area contributed by atoms with Crippen molar-refractivity contribution in [1.29, 1.82) is 0 Å². The van der Waals surface area contributed by atoms with Crippen molar-refractivity contribution in [2.75, 3.05) is 0 Å². The molecule has 0 aliphatic heterocycles. The molecule has 10 rings (SSSR count). The third kappa shape index (κ3) is 4.80. The van der Waals surface area contributed by atoms with Crippen molar-refractivity contribution in [2.24, 2.45) is 0 Å². The van der Waals surface area contributed by atoms with Gasteiger partial charge in [-0.3, -0.25) is 0 Å². The Kier molecular flexibility index (Phi) is 6.97. The van der Waals surface area contributed by atoms with E-state index in [0.29, 0.717) is 0 Å². The number of hydrogen-bond donors (Lipinski definition) is 0. The molecular formula is C48H30S2. The molecule has 234 valence electrons. The maximum Gasteiger partial charge on any atom is 0.0433 e. The van der Waals surface area contributed by atoms with Crippen LogP contribution in [0.15, 0.2) is 182 Å². The van der Waals surface area contributed by atoms with Gasteiger partial charge in [-0.2, -0.15) is 0 Å². The van der Waals surface area contributed by atoms with E-state index in [2.05, 4.69) is 182 Å². The zero-order valence-corrected chi connectivity index (χ0v) is 28.8. The normalized spacial score (nSPS) is 11.6. The molecule has 0 amide bonds. The molecule has 10 aromatic rings. The molecule has 0 unspecified atom stereocenters. The molecular weight excluding hydrogens is 641 g/mol. The Hall–Kier alpha value is -5.80. The quantitative estimate of drug-likeness (QED) is 0.171. The van der Waals surface area contributed by atoms with Crippen LogP contribution >= 0.6 is 22.7 Å². The summed E-state index contributed by atoms with van der Waals surface area (Å²) in [4.78, 5) is 0. The second-order valence-electron chi connectivity index (χ2n) is 12.8. The van der Waals surface area contributed by atoms with Crippen LogP contribution in [0.4, 0.5) is 0 Å². The van der Waals surface area contributed by atoms with E-state index < -0.39 is 0 Å². The largest absolute Gasteiger partial charge is 0.135 e. The summed E-state index contributed by atoms with van der Waals surface area (Å²) >= 11 is 3.79. The van der Waals surface area contributed by atoms with Crippen molar-refractivity contribution in [3.8, 4) is 55.6 Å². The lowest BCUT2D eigenvalue weighted by molar-refractivity contribution is 1.55. The van der Waals surface area contributed by atoms with Crippen molar-refractivity contribution in [3.05, 3.63) is 182 Å². The van der Waals surface area contributed by atoms with Crippen molar-refractivity contribution < 1.29 is 0 Å². The van der Waals surface area contributed by atoms with Crippen molar-refractivity contribution in [3.63, 3.8) is 0 Å². The molecule has 0 radical (unpaired) electrons. The molecule has 8 aromatic carbocycles. The Morgan fingerprint density at radius 2 is 0.780 bits per heavy atom. The monoisotopic (exact) mass is 670 g/mol. The van der Waals surface area contributed by atoms with E-state index in [1.54, 1.807) is 0 Å². The molecule has 0 saturated heterocycles. The SMILES string of the molecule is c1ccc(-c2cc(-c3cc(-c4cccc5c4sc4ccccc45)cc4sc5ccccc5c34)cc(-c3ccccc3)c2-c2ccccc2)cc1. The second-order valence-corrected chi connectivity index (χ2v) is 15.0. The summed E-state index contributed by atoms with van der Waals surface area (Å²) < 4.78 is 5.30. The first-order valence-corrected chi connectivity index (χ1v) is 18.6. The van der Waals surface area contributed by atoms with Gasteiger partial charge in [-0.15, -0.1) is 22.7 Å². The fourth-order valence-corrected chi connectivity index (χ4v) is 10.0. The maximum atomic E-state index is 2.46. The fraction of sp³-hybridized carbons (Fsp3) is 0. The summed E-state index contributed by atoms with van der Waals surface area (Å²) in [7, 11) is 0. The average molecular weight is 671 g/mol. The van der Waals surface area contributed by atoms with Crippen LogP contribution in [0.25, 0.3) is 96.0 Å². The van der Waals surface area contributed by atoms with Gasteiger partial charge in [-0.25, -0.2) is 0 Å². The van der Waals surface area contributed by atoms with E-state index in [9.17, 15) is 0 Å². The van der Waals surface area contributed by atoms with Gasteiger partial charge in [0.2, 0.25) is 0 Å². The number of hydrogen-bond acceptors (Lipinski definition) is 2. The molecule has 0 N–H and O–H groups in total. The lowest BCUT2D eigenvalue weighted by atomic mass is 9.83. The molecule has 50 heavy (non-hydrogen) atoms. The molecule has 0 atom stereocenters. The molecule has 0 bridgehead atoms. The number of benzene rings is 8. The first kappa shape index (κ1) is 29.1. The van der Waals surface area contributed by atoms with Crippen LogP contribution in [-0.4, -0.2) is 0 Å². The molecule has 0 saturated carbocycles. The highest BCUT2D eigenvalue weighted by molar-refractivity contribution is 7.26. The van der Waals surface area contributed by atoms with Gasteiger partial charge in [-0.1, -0.05) is 146 Å². The molecule has 0 fully saturated rings. The molecule has 0 spiro atoms. The van der Waals surface area contributed by atoms with Gasteiger partial charge in [0.15, 0.2) is 0 Å². The van der Waals surface area contributed by atoms with E-state index in [1.165, 1.54) is 96.0 Å². The minimum Gasteiger partial charge on any atom is -0.135 e. The summed E-state index contributed by atoms with van der Waals surface area (Å²) in [6, 6.07) is 66.9. The smallest absolute Gasteiger partial charge is 0.0433 e. The van der Waals surface area contributed by atoms with Gasteiger partial charge in [0.05, 0.1) is 0 Å². The minimum atomic E-state index is 1.21. The predicted molar refractivity (Wildman–Crippen MR) is 219 cm³/mol. The summed E-state index contributed by atoms with van der Waals surface area (Å²) in [5, 5.41) is 5.28. The zero-order valence-electron chi connectivity index (χ0n) is 27.1. The summed E-state index contributed by atoms with van der Waals surface area (Å²) in [6.45, 7) is 0. The Morgan fingerprint density at radius 1 is 0.280 bits per heavy atom. The maximum absolute atomic E-state index is 2.46. The van der Waals surface area contributed by atoms with Crippen molar-refractivity contribution >= 4 is 63.0 Å². The van der Waals surface area contributed by atoms with Crippen LogP contribution in [0.3, 0.4) is 0 Å². The van der Waals surface area contributed by atoms with Crippen LogP contribution in [-0.2, 0) is 0 Å². The van der Waals surface area contributed by atoms with E-state index in [4.69, 9.17) is 0 Å². The molecule has 0 aliphatic carbocycles. The first-order valence-electron chi connectivity index (χ1n) is 17.0. The Morgan fingerprint density at radius 3 is 1.44 bits per heavy atom. The van der Waals surface area contributed by atoms with Crippen LogP contribution in [0.2, 0.25) is 0 Å². The molecule has 2 heteroatoms. The van der Waals surface area contributed by atoms with E-state index in [0.717, 1.165) is 0 Å². The Balaban J connectivity index is 1.33. The highest BCUT2D eigenvalue weighted by Gasteiger charge is 2.21. The van der Waals surface area contributed by atoms with E-state index in [1.807, 2.05) is 22.7 Å². The molecule has 2 aromatic heterocycles. The standard InChI is InChI=1S/C48H30S2/c1-4-15-31(16-5-1)40-27-34(28-41(32-17-6-2-7-18-32)46(40)33-19-8-3-9-20-33)42-29-35(30-45-47(42)39-22-11-13-26-44(39)49-45)36-23-14-24-38-37-21-10-12-25-43(37)50-48(36)38/h1-30H. The topological polar surface area (TPSA) is 0 Å². The lowest BCUT2D eigenvalue weighted by Crippen LogP contribution is -1.93. The van der Waals surface area contributed by atoms with Crippen LogP contribution in [0, 0.1) is 0 Å². The van der Waals surface area contributed by atoms with Crippen LogP contribution < -0.4 is 0 Å². The molecule has 2 heterocycles. The van der Waals surface area contributed by atoms with E-state index in [-0.39, 0.29) is 0 Å². The summed E-state index contributed by atoms with van der Waals surface area (Å²) in [5.74, 6) is 0. The average Bonchev–Trinajstić information content (AvgIpc) is 3.77. The second kappa shape index (κ2) is 12.0. The lowest BCUT2D eigenvalue weighted by Gasteiger charge is -2.20. The fourth-order valence-electron chi connectivity index (χ4n) is 7.62. The Bertz CT molecular complexity index is 2780.